The van der Waals surface area contributed by atoms with Gasteiger partial charge < -0.3 is 20.3 Å². The van der Waals surface area contributed by atoms with Crippen LogP contribution in [0.4, 0.5) is 0 Å². The molecule has 0 aromatic heterocycles. The van der Waals surface area contributed by atoms with Gasteiger partial charge >= 0.3 is 5.97 Å². The molecule has 0 rings (SSSR count). The van der Waals surface area contributed by atoms with Gasteiger partial charge in [-0.2, -0.15) is 0 Å². The van der Waals surface area contributed by atoms with E-state index < -0.39 is 12.1 Å². The van der Waals surface area contributed by atoms with E-state index in [-0.39, 0.29) is 18.5 Å². The highest BCUT2D eigenvalue weighted by atomic mass is 16.5. The molecule has 0 aliphatic heterocycles. The lowest BCUT2D eigenvalue weighted by Crippen LogP contribution is -2.45. The Morgan fingerprint density at radius 2 is 0.800 bits per heavy atom. The Labute approximate surface area is 373 Å². The Kier molecular flexibility index (Phi) is 48.1. The first kappa shape index (κ1) is 58.1. The van der Waals surface area contributed by atoms with E-state index in [1.807, 2.05) is 6.08 Å². The average Bonchev–Trinajstić information content (AvgIpc) is 3.25. The van der Waals surface area contributed by atoms with Gasteiger partial charge in [-0.3, -0.25) is 9.59 Å². The molecule has 1 amide bonds. The van der Waals surface area contributed by atoms with Gasteiger partial charge in [0.25, 0.3) is 0 Å². The molecule has 6 nitrogen and oxygen atoms in total. The van der Waals surface area contributed by atoms with Crippen molar-refractivity contribution in [3.63, 3.8) is 0 Å². The summed E-state index contributed by atoms with van der Waals surface area (Å²) in [6.45, 7) is 4.84. The maximum Gasteiger partial charge on any atom is 0.305 e. The fourth-order valence-corrected chi connectivity index (χ4v) is 7.78. The van der Waals surface area contributed by atoms with Gasteiger partial charge in [0.1, 0.15) is 0 Å². The summed E-state index contributed by atoms with van der Waals surface area (Å²) in [4.78, 5) is 24.4. The fourth-order valence-electron chi connectivity index (χ4n) is 7.78. The third-order valence-corrected chi connectivity index (χ3v) is 11.9. The van der Waals surface area contributed by atoms with Crippen LogP contribution in [0, 0.1) is 0 Å². The topological polar surface area (TPSA) is 95.9 Å². The quantitative estimate of drug-likeness (QED) is 0.0322. The normalized spacial score (nSPS) is 12.9. The maximum atomic E-state index is 12.4. The van der Waals surface area contributed by atoms with Crippen molar-refractivity contribution in [1.29, 1.82) is 0 Å². The molecule has 0 saturated heterocycles. The number of nitrogens with one attached hydrogen (secondary N) is 1. The minimum Gasteiger partial charge on any atom is -0.466 e. The van der Waals surface area contributed by atoms with Crippen LogP contribution in [0.2, 0.25) is 0 Å². The number of esters is 1. The number of aliphatic hydroxyl groups is 2. The molecular formula is C54H101NO5. The first-order valence-corrected chi connectivity index (χ1v) is 26.3. The van der Waals surface area contributed by atoms with Gasteiger partial charge in [0, 0.05) is 12.8 Å². The predicted molar refractivity (Wildman–Crippen MR) is 259 cm³/mol. The van der Waals surface area contributed by atoms with Gasteiger partial charge in [0.05, 0.1) is 25.4 Å². The fraction of sp³-hybridized carbons (Fsp3) is 0.852. The number of hydrogen-bond donors (Lipinski definition) is 3. The summed E-state index contributed by atoms with van der Waals surface area (Å²) in [5, 5.41) is 23.1. The SMILES string of the molecule is CCCC/C=C\CCCCCCCC(=O)OCCCCCCCC/C=C\CCCCCCCCCC(=O)NC(CO)C(O)/C=C/CCCCCCCCCCCCCCC. The van der Waals surface area contributed by atoms with Crippen molar-refractivity contribution >= 4 is 11.9 Å². The molecule has 0 fully saturated rings. The summed E-state index contributed by atoms with van der Waals surface area (Å²) in [7, 11) is 0. The van der Waals surface area contributed by atoms with Crippen LogP contribution >= 0.6 is 0 Å². The van der Waals surface area contributed by atoms with Gasteiger partial charge in [-0.1, -0.05) is 217 Å². The summed E-state index contributed by atoms with van der Waals surface area (Å²) in [5.41, 5.74) is 0. The largest absolute Gasteiger partial charge is 0.466 e. The highest BCUT2D eigenvalue weighted by molar-refractivity contribution is 5.76. The van der Waals surface area contributed by atoms with Crippen LogP contribution in [-0.4, -0.2) is 47.4 Å². The zero-order valence-corrected chi connectivity index (χ0v) is 39.9. The molecule has 0 aliphatic carbocycles. The molecule has 0 aromatic carbocycles. The second-order valence-corrected chi connectivity index (χ2v) is 17.8. The van der Waals surface area contributed by atoms with Crippen molar-refractivity contribution < 1.29 is 24.5 Å². The standard InChI is InChI=1S/C54H101NO5/c1-3-5-7-9-11-13-15-16-20-23-27-30-34-38-42-46-52(57)51(50-56)55-53(58)47-43-39-35-31-28-24-21-18-17-19-22-25-29-33-37-41-45-49-60-54(59)48-44-40-36-32-26-14-12-10-8-6-4-2/h10,12,17,19,42,46,51-52,56-57H,3-9,11,13-16,18,20-41,43-45,47-50H2,1-2H3,(H,55,58)/b12-10-,19-17-,46-42+. The molecular weight excluding hydrogens is 743 g/mol. The van der Waals surface area contributed by atoms with Crippen molar-refractivity contribution in [3.8, 4) is 0 Å². The highest BCUT2D eigenvalue weighted by Crippen LogP contribution is 2.15. The number of ether oxygens (including phenoxy) is 1. The summed E-state index contributed by atoms with van der Waals surface area (Å²) < 4.78 is 5.44. The van der Waals surface area contributed by atoms with Crippen LogP contribution in [0.1, 0.15) is 271 Å². The summed E-state index contributed by atoms with van der Waals surface area (Å²) in [6, 6.07) is -0.637. The second-order valence-electron chi connectivity index (χ2n) is 17.8. The minimum atomic E-state index is -0.852. The highest BCUT2D eigenvalue weighted by Gasteiger charge is 2.18. The zero-order valence-electron chi connectivity index (χ0n) is 39.9. The Morgan fingerprint density at radius 3 is 1.23 bits per heavy atom. The Bertz CT molecular complexity index is 977. The first-order chi connectivity index (χ1) is 29.5. The molecule has 3 N–H and O–H groups in total. The van der Waals surface area contributed by atoms with E-state index in [2.05, 4.69) is 43.5 Å². The van der Waals surface area contributed by atoms with E-state index in [0.29, 0.717) is 19.4 Å². The van der Waals surface area contributed by atoms with Gasteiger partial charge in [0.15, 0.2) is 0 Å². The number of amides is 1. The van der Waals surface area contributed by atoms with Crippen molar-refractivity contribution in [3.05, 3.63) is 36.5 Å². The van der Waals surface area contributed by atoms with E-state index in [0.717, 1.165) is 57.8 Å². The molecule has 0 heterocycles. The molecule has 0 radical (unpaired) electrons. The third-order valence-electron chi connectivity index (χ3n) is 11.9. The van der Waals surface area contributed by atoms with E-state index in [4.69, 9.17) is 4.74 Å². The summed E-state index contributed by atoms with van der Waals surface area (Å²) in [6.07, 6.45) is 60.0. The van der Waals surface area contributed by atoms with Crippen LogP contribution in [0.25, 0.3) is 0 Å². The van der Waals surface area contributed by atoms with Crippen molar-refractivity contribution in [2.75, 3.05) is 13.2 Å². The third kappa shape index (κ3) is 45.6. The van der Waals surface area contributed by atoms with Crippen molar-refractivity contribution in [2.24, 2.45) is 0 Å². The first-order valence-electron chi connectivity index (χ1n) is 26.3. The van der Waals surface area contributed by atoms with E-state index in [1.165, 1.54) is 186 Å². The van der Waals surface area contributed by atoms with Crippen LogP contribution in [0.3, 0.4) is 0 Å². The zero-order chi connectivity index (χ0) is 43.7. The molecule has 60 heavy (non-hydrogen) atoms. The lowest BCUT2D eigenvalue weighted by Gasteiger charge is -2.20. The minimum absolute atomic E-state index is 0.0145. The molecule has 352 valence electrons. The van der Waals surface area contributed by atoms with Crippen LogP contribution in [0.15, 0.2) is 36.5 Å². The molecule has 6 heteroatoms. The average molecular weight is 844 g/mol. The van der Waals surface area contributed by atoms with Gasteiger partial charge in [-0.15, -0.1) is 0 Å². The summed E-state index contributed by atoms with van der Waals surface area (Å²) >= 11 is 0. The van der Waals surface area contributed by atoms with E-state index in [9.17, 15) is 19.8 Å². The number of allylic oxidation sites excluding steroid dienone is 5. The van der Waals surface area contributed by atoms with Gasteiger partial charge in [-0.25, -0.2) is 0 Å². The van der Waals surface area contributed by atoms with Crippen LogP contribution < -0.4 is 5.32 Å². The molecule has 0 saturated carbocycles. The molecule has 0 aliphatic rings. The summed E-state index contributed by atoms with van der Waals surface area (Å²) in [5.74, 6) is -0.0950. The van der Waals surface area contributed by atoms with Gasteiger partial charge in [0.2, 0.25) is 5.91 Å². The molecule has 0 aromatic rings. The molecule has 0 bridgehead atoms. The maximum absolute atomic E-state index is 12.4. The number of hydrogen-bond acceptors (Lipinski definition) is 5. The molecule has 0 spiro atoms. The Hall–Kier alpha value is -1.92. The lowest BCUT2D eigenvalue weighted by molar-refractivity contribution is -0.143. The monoisotopic (exact) mass is 844 g/mol. The smallest absolute Gasteiger partial charge is 0.305 e. The lowest BCUT2D eigenvalue weighted by atomic mass is 10.0. The number of carbonyl (C=O) groups is 2. The molecule has 2 unspecified atom stereocenters. The second kappa shape index (κ2) is 49.7. The van der Waals surface area contributed by atoms with Crippen molar-refractivity contribution in [2.45, 2.75) is 283 Å². The molecule has 2 atom stereocenters. The number of carbonyl (C=O) groups excluding carboxylic acids is 2. The van der Waals surface area contributed by atoms with E-state index in [1.54, 1.807) is 6.08 Å². The van der Waals surface area contributed by atoms with E-state index >= 15 is 0 Å². The van der Waals surface area contributed by atoms with Crippen molar-refractivity contribution in [1.82, 2.24) is 5.32 Å². The Balaban J connectivity index is 3.51. The Morgan fingerprint density at radius 1 is 0.450 bits per heavy atom. The predicted octanol–water partition coefficient (Wildman–Crippen LogP) is 15.7. The number of rotatable bonds is 48. The number of unbranched alkanes of at least 4 members (excludes halogenated alkanes) is 33. The van der Waals surface area contributed by atoms with Crippen LogP contribution in [-0.2, 0) is 14.3 Å². The number of aliphatic hydroxyl groups excluding tert-OH is 2. The van der Waals surface area contributed by atoms with Gasteiger partial charge in [-0.05, 0) is 77.0 Å². The van der Waals surface area contributed by atoms with Crippen LogP contribution in [0.5, 0.6) is 0 Å².